The van der Waals surface area contributed by atoms with Gasteiger partial charge in [0, 0.05) is 10.9 Å². The molecule has 0 aliphatic carbocycles. The molecule has 0 saturated carbocycles. The number of rotatable bonds is 4. The first kappa shape index (κ1) is 18.6. The Bertz CT molecular complexity index is 1210. The fraction of sp³-hybridized carbons (Fsp3) is 0.0800. The summed E-state index contributed by atoms with van der Waals surface area (Å²) >= 11 is 0. The van der Waals surface area contributed by atoms with Crippen molar-refractivity contribution < 1.29 is 4.79 Å². The molecule has 0 fully saturated rings. The Hall–Kier alpha value is -3.79. The second-order valence-corrected chi connectivity index (χ2v) is 7.05. The molecular weight excluding hydrogens is 358 g/mol. The lowest BCUT2D eigenvalue weighted by molar-refractivity contribution is 0.0956. The molecule has 142 valence electrons. The van der Waals surface area contributed by atoms with Gasteiger partial charge in [0.05, 0.1) is 23.0 Å². The molecule has 0 unspecified atom stereocenters. The fourth-order valence-electron chi connectivity index (χ4n) is 3.19. The number of para-hydroxylation sites is 1. The molecule has 0 aliphatic heterocycles. The maximum atomic E-state index is 12.9. The summed E-state index contributed by atoms with van der Waals surface area (Å²) in [6, 6.07) is 25.5. The number of aryl methyl sites for hydroxylation is 2. The van der Waals surface area contributed by atoms with Crippen LogP contribution in [0.5, 0.6) is 0 Å². The molecule has 0 aliphatic rings. The second-order valence-electron chi connectivity index (χ2n) is 7.05. The number of benzene rings is 3. The zero-order chi connectivity index (χ0) is 20.2. The molecule has 4 rings (SSSR count). The van der Waals surface area contributed by atoms with Crippen molar-refractivity contribution in [3.05, 3.63) is 101 Å². The van der Waals surface area contributed by atoms with E-state index in [1.807, 2.05) is 86.6 Å². The molecule has 0 radical (unpaired) electrons. The molecule has 4 nitrogen and oxygen atoms in total. The summed E-state index contributed by atoms with van der Waals surface area (Å²) in [7, 11) is 0. The molecule has 0 bridgehead atoms. The van der Waals surface area contributed by atoms with Crippen molar-refractivity contribution in [2.45, 2.75) is 13.8 Å². The van der Waals surface area contributed by atoms with E-state index in [1.165, 1.54) is 5.56 Å². The lowest BCUT2D eigenvalue weighted by atomic mass is 10.0. The summed E-state index contributed by atoms with van der Waals surface area (Å²) in [5.74, 6) is -0.263. The number of hydrogen-bond acceptors (Lipinski definition) is 3. The Labute approximate surface area is 169 Å². The number of hydrogen-bond donors (Lipinski definition) is 1. The molecule has 1 N–H and O–H groups in total. The van der Waals surface area contributed by atoms with Gasteiger partial charge in [-0.25, -0.2) is 10.4 Å². The minimum absolute atomic E-state index is 0.263. The van der Waals surface area contributed by atoms with Crippen molar-refractivity contribution in [2.24, 2.45) is 5.10 Å². The van der Waals surface area contributed by atoms with Gasteiger partial charge in [-0.15, -0.1) is 0 Å². The van der Waals surface area contributed by atoms with Gasteiger partial charge in [0.2, 0.25) is 0 Å². The number of carbonyl (C=O) groups is 1. The number of carbonyl (C=O) groups excluding carboxylic acids is 1. The first-order chi connectivity index (χ1) is 14.1. The van der Waals surface area contributed by atoms with Gasteiger partial charge >= 0.3 is 0 Å². The van der Waals surface area contributed by atoms with Gasteiger partial charge in [0.15, 0.2) is 0 Å². The molecule has 0 atom stereocenters. The molecule has 1 aromatic heterocycles. The zero-order valence-electron chi connectivity index (χ0n) is 16.4. The van der Waals surface area contributed by atoms with Gasteiger partial charge in [-0.3, -0.25) is 4.79 Å². The van der Waals surface area contributed by atoms with Crippen molar-refractivity contribution >= 4 is 23.0 Å². The Morgan fingerprint density at radius 3 is 2.48 bits per heavy atom. The summed E-state index contributed by atoms with van der Waals surface area (Å²) in [5, 5.41) is 4.92. The maximum absolute atomic E-state index is 12.9. The van der Waals surface area contributed by atoms with Gasteiger partial charge < -0.3 is 0 Å². The van der Waals surface area contributed by atoms with Crippen LogP contribution in [0.2, 0.25) is 0 Å². The number of amides is 1. The third-order valence-electron chi connectivity index (χ3n) is 4.73. The summed E-state index contributed by atoms with van der Waals surface area (Å²) in [6.45, 7) is 4.07. The highest BCUT2D eigenvalue weighted by molar-refractivity contribution is 6.07. The SMILES string of the molecule is Cc1ccc(/C=N/NC(=O)c2cc(-c3cccc(C)c3)nc3ccccc23)cc1. The number of fused-ring (bicyclic) bond motifs is 1. The smallest absolute Gasteiger partial charge is 0.267 e. The van der Waals surface area contributed by atoms with E-state index in [2.05, 4.69) is 16.6 Å². The second kappa shape index (κ2) is 8.07. The topological polar surface area (TPSA) is 54.4 Å². The Balaban J connectivity index is 1.68. The number of nitrogens with one attached hydrogen (secondary N) is 1. The standard InChI is InChI=1S/C25H21N3O/c1-17-10-12-19(13-11-17)16-26-28-25(29)22-15-24(20-7-5-6-18(2)14-20)27-23-9-4-3-8-21(22)23/h3-16H,1-2H3,(H,28,29)/b26-16+. The van der Waals surface area contributed by atoms with E-state index in [-0.39, 0.29) is 5.91 Å². The quantitative estimate of drug-likeness (QED) is 0.387. The molecule has 3 aromatic carbocycles. The molecular formula is C25H21N3O. The minimum atomic E-state index is -0.263. The van der Waals surface area contributed by atoms with E-state index >= 15 is 0 Å². The van der Waals surface area contributed by atoms with Crippen LogP contribution < -0.4 is 5.43 Å². The third-order valence-corrected chi connectivity index (χ3v) is 4.73. The number of pyridine rings is 1. The highest BCUT2D eigenvalue weighted by Gasteiger charge is 2.13. The van der Waals surface area contributed by atoms with Crippen LogP contribution in [0.25, 0.3) is 22.2 Å². The normalized spacial score (nSPS) is 11.1. The molecule has 4 heteroatoms. The van der Waals surface area contributed by atoms with E-state index in [4.69, 9.17) is 4.98 Å². The monoisotopic (exact) mass is 379 g/mol. The predicted octanol–water partition coefficient (Wildman–Crippen LogP) is 5.28. The van der Waals surface area contributed by atoms with Crippen molar-refractivity contribution in [2.75, 3.05) is 0 Å². The first-order valence-corrected chi connectivity index (χ1v) is 9.47. The first-order valence-electron chi connectivity index (χ1n) is 9.47. The van der Waals surface area contributed by atoms with Gasteiger partial charge in [-0.1, -0.05) is 71.8 Å². The lowest BCUT2D eigenvalue weighted by Crippen LogP contribution is -2.18. The summed E-state index contributed by atoms with van der Waals surface area (Å²) in [6.07, 6.45) is 1.64. The summed E-state index contributed by atoms with van der Waals surface area (Å²) in [5.41, 5.74) is 8.97. The average molecular weight is 379 g/mol. The van der Waals surface area contributed by atoms with E-state index < -0.39 is 0 Å². The van der Waals surface area contributed by atoms with E-state index in [9.17, 15) is 4.79 Å². The largest absolute Gasteiger partial charge is 0.272 e. The van der Waals surface area contributed by atoms with Crippen molar-refractivity contribution in [1.29, 1.82) is 0 Å². The van der Waals surface area contributed by atoms with Crippen LogP contribution in [0.4, 0.5) is 0 Å². The summed E-state index contributed by atoms with van der Waals surface area (Å²) in [4.78, 5) is 17.6. The lowest BCUT2D eigenvalue weighted by Gasteiger charge is -2.09. The van der Waals surface area contributed by atoms with Crippen LogP contribution in [0.3, 0.4) is 0 Å². The fourth-order valence-corrected chi connectivity index (χ4v) is 3.19. The molecule has 1 heterocycles. The van der Waals surface area contributed by atoms with Crippen LogP contribution >= 0.6 is 0 Å². The van der Waals surface area contributed by atoms with Gasteiger partial charge in [0.1, 0.15) is 0 Å². The summed E-state index contributed by atoms with van der Waals surface area (Å²) < 4.78 is 0. The van der Waals surface area contributed by atoms with Crippen molar-refractivity contribution in [3.8, 4) is 11.3 Å². The molecule has 0 spiro atoms. The predicted molar refractivity (Wildman–Crippen MR) is 118 cm³/mol. The van der Waals surface area contributed by atoms with E-state index in [0.29, 0.717) is 5.56 Å². The van der Waals surface area contributed by atoms with Gasteiger partial charge in [0.25, 0.3) is 5.91 Å². The van der Waals surface area contributed by atoms with Crippen LogP contribution in [0.15, 0.2) is 84.0 Å². The van der Waals surface area contributed by atoms with Crippen LogP contribution in [-0.2, 0) is 0 Å². The minimum Gasteiger partial charge on any atom is -0.267 e. The third kappa shape index (κ3) is 4.22. The van der Waals surface area contributed by atoms with Crippen LogP contribution in [0.1, 0.15) is 27.0 Å². The van der Waals surface area contributed by atoms with Gasteiger partial charge in [-0.2, -0.15) is 5.10 Å². The Morgan fingerprint density at radius 2 is 1.69 bits per heavy atom. The number of hydrazone groups is 1. The zero-order valence-corrected chi connectivity index (χ0v) is 16.4. The van der Waals surface area contributed by atoms with E-state index in [0.717, 1.165) is 33.3 Å². The van der Waals surface area contributed by atoms with E-state index in [1.54, 1.807) is 6.21 Å². The van der Waals surface area contributed by atoms with Crippen molar-refractivity contribution in [1.82, 2.24) is 10.4 Å². The Kier molecular flexibility index (Phi) is 5.16. The van der Waals surface area contributed by atoms with Crippen LogP contribution in [-0.4, -0.2) is 17.1 Å². The van der Waals surface area contributed by atoms with Gasteiger partial charge in [-0.05, 0) is 37.6 Å². The highest BCUT2D eigenvalue weighted by Crippen LogP contribution is 2.25. The number of nitrogens with zero attached hydrogens (tertiary/aromatic N) is 2. The average Bonchev–Trinajstić information content (AvgIpc) is 2.74. The molecule has 1 amide bonds. The molecule has 29 heavy (non-hydrogen) atoms. The Morgan fingerprint density at radius 1 is 0.897 bits per heavy atom. The maximum Gasteiger partial charge on any atom is 0.272 e. The van der Waals surface area contributed by atoms with Crippen LogP contribution in [0, 0.1) is 13.8 Å². The van der Waals surface area contributed by atoms with Crippen molar-refractivity contribution in [3.63, 3.8) is 0 Å². The molecule has 0 saturated heterocycles. The highest BCUT2D eigenvalue weighted by atomic mass is 16.2. The number of aromatic nitrogens is 1. The molecule has 4 aromatic rings.